The molecule has 0 fully saturated rings. The molecule has 0 saturated carbocycles. The van der Waals surface area contributed by atoms with Gasteiger partial charge in [-0.2, -0.15) is 0 Å². The number of amides is 1. The summed E-state index contributed by atoms with van der Waals surface area (Å²) in [5, 5.41) is 2.89. The van der Waals surface area contributed by atoms with Crippen LogP contribution in [0.5, 0.6) is 5.75 Å². The minimum absolute atomic E-state index is 0. The molecular weight excluding hydrogens is 283 g/mol. The number of halogens is 2. The van der Waals surface area contributed by atoms with Gasteiger partial charge >= 0.3 is 0 Å². The number of benzene rings is 1. The monoisotopic (exact) mass is 304 g/mol. The highest BCUT2D eigenvalue weighted by atomic mass is 35.5. The first-order valence-corrected chi connectivity index (χ1v) is 6.38. The molecule has 1 rings (SSSR count). The van der Waals surface area contributed by atoms with E-state index in [0.29, 0.717) is 25.1 Å². The summed E-state index contributed by atoms with van der Waals surface area (Å²) in [4.78, 5) is 12.3. The zero-order valence-corrected chi connectivity index (χ0v) is 12.8. The molecule has 6 heteroatoms. The van der Waals surface area contributed by atoms with E-state index < -0.39 is 11.4 Å². The molecule has 0 bridgehead atoms. The van der Waals surface area contributed by atoms with Gasteiger partial charge in [-0.05, 0) is 31.0 Å². The highest BCUT2D eigenvalue weighted by molar-refractivity contribution is 5.97. The van der Waals surface area contributed by atoms with Crippen LogP contribution in [0.4, 0.5) is 4.39 Å². The van der Waals surface area contributed by atoms with Crippen molar-refractivity contribution in [2.45, 2.75) is 32.2 Å². The molecule has 0 radical (unpaired) electrons. The van der Waals surface area contributed by atoms with Crippen molar-refractivity contribution in [2.75, 3.05) is 13.7 Å². The largest absolute Gasteiger partial charge is 0.496 e. The Morgan fingerprint density at radius 3 is 2.45 bits per heavy atom. The molecule has 0 aliphatic rings. The predicted molar refractivity (Wildman–Crippen MR) is 80.0 cm³/mol. The number of hydrogen-bond donors (Lipinski definition) is 2. The fourth-order valence-corrected chi connectivity index (χ4v) is 1.93. The van der Waals surface area contributed by atoms with Crippen LogP contribution in [0.15, 0.2) is 18.2 Å². The second-order valence-electron chi connectivity index (χ2n) is 4.49. The lowest BCUT2D eigenvalue weighted by molar-refractivity contribution is 0.0891. The molecular formula is C14H22ClFN2O2. The third kappa shape index (κ3) is 4.08. The fraction of sp³-hybridized carbons (Fsp3) is 0.500. The Morgan fingerprint density at radius 1 is 1.40 bits per heavy atom. The van der Waals surface area contributed by atoms with Crippen molar-refractivity contribution in [2.24, 2.45) is 5.73 Å². The maximum absolute atomic E-state index is 13.3. The second kappa shape index (κ2) is 8.07. The molecule has 1 aromatic rings. The first-order chi connectivity index (χ1) is 9.01. The maximum Gasteiger partial charge on any atom is 0.255 e. The fourth-order valence-electron chi connectivity index (χ4n) is 1.93. The molecule has 0 heterocycles. The normalized spacial score (nSPS) is 10.7. The number of hydrogen-bond acceptors (Lipinski definition) is 3. The van der Waals surface area contributed by atoms with E-state index in [1.165, 1.54) is 25.3 Å². The maximum atomic E-state index is 13.3. The zero-order chi connectivity index (χ0) is 14.5. The van der Waals surface area contributed by atoms with Crippen molar-refractivity contribution in [3.63, 3.8) is 0 Å². The molecule has 0 atom stereocenters. The van der Waals surface area contributed by atoms with Gasteiger partial charge in [0.1, 0.15) is 11.6 Å². The van der Waals surface area contributed by atoms with Gasteiger partial charge in [-0.1, -0.05) is 13.8 Å². The number of nitrogens with one attached hydrogen (secondary N) is 1. The topological polar surface area (TPSA) is 64.3 Å². The van der Waals surface area contributed by atoms with Crippen LogP contribution >= 0.6 is 12.4 Å². The van der Waals surface area contributed by atoms with Crippen molar-refractivity contribution in [3.8, 4) is 5.75 Å². The number of nitrogens with two attached hydrogens (primary N) is 1. The second-order valence-corrected chi connectivity index (χ2v) is 4.49. The van der Waals surface area contributed by atoms with Gasteiger partial charge in [0, 0.05) is 6.54 Å². The average Bonchev–Trinajstić information content (AvgIpc) is 2.44. The molecule has 0 aromatic heterocycles. The Balaban J connectivity index is 0.00000361. The number of carbonyl (C=O) groups is 1. The summed E-state index contributed by atoms with van der Waals surface area (Å²) in [6, 6.07) is 3.86. The first kappa shape index (κ1) is 18.7. The molecule has 0 saturated heterocycles. The Kier molecular flexibility index (Phi) is 7.53. The molecule has 0 aliphatic heterocycles. The van der Waals surface area contributed by atoms with Gasteiger partial charge in [0.2, 0.25) is 0 Å². The van der Waals surface area contributed by atoms with Crippen LogP contribution in [-0.4, -0.2) is 25.1 Å². The SMILES string of the molecule is CCC(CC)(CN)NC(=O)c1cc(F)ccc1OC.Cl. The summed E-state index contributed by atoms with van der Waals surface area (Å²) in [6.45, 7) is 4.25. The van der Waals surface area contributed by atoms with Crippen molar-refractivity contribution < 1.29 is 13.9 Å². The van der Waals surface area contributed by atoms with Crippen LogP contribution in [0.25, 0.3) is 0 Å². The van der Waals surface area contributed by atoms with E-state index in [1.807, 2.05) is 13.8 Å². The van der Waals surface area contributed by atoms with Gasteiger partial charge in [-0.3, -0.25) is 4.79 Å². The lowest BCUT2D eigenvalue weighted by Crippen LogP contribution is -2.52. The van der Waals surface area contributed by atoms with Crippen molar-refractivity contribution in [1.82, 2.24) is 5.32 Å². The third-order valence-corrected chi connectivity index (χ3v) is 3.53. The van der Waals surface area contributed by atoms with Gasteiger partial charge in [0.15, 0.2) is 0 Å². The van der Waals surface area contributed by atoms with E-state index in [0.717, 1.165) is 0 Å². The number of ether oxygens (including phenoxy) is 1. The van der Waals surface area contributed by atoms with Crippen LogP contribution in [0.2, 0.25) is 0 Å². The number of carbonyl (C=O) groups excluding carboxylic acids is 1. The lowest BCUT2D eigenvalue weighted by atomic mass is 9.92. The van der Waals surface area contributed by atoms with Gasteiger partial charge in [-0.25, -0.2) is 4.39 Å². The van der Waals surface area contributed by atoms with Crippen molar-refractivity contribution in [1.29, 1.82) is 0 Å². The third-order valence-electron chi connectivity index (χ3n) is 3.53. The molecule has 1 aromatic carbocycles. The van der Waals surface area contributed by atoms with Crippen molar-refractivity contribution in [3.05, 3.63) is 29.6 Å². The highest BCUT2D eigenvalue weighted by Gasteiger charge is 2.28. The number of methoxy groups -OCH3 is 1. The van der Waals surface area contributed by atoms with E-state index in [9.17, 15) is 9.18 Å². The Labute approximate surface area is 125 Å². The minimum Gasteiger partial charge on any atom is -0.496 e. The van der Waals surface area contributed by atoms with Crippen molar-refractivity contribution >= 4 is 18.3 Å². The van der Waals surface area contributed by atoms with Crippen LogP contribution in [0.1, 0.15) is 37.0 Å². The van der Waals surface area contributed by atoms with Gasteiger partial charge < -0.3 is 15.8 Å². The molecule has 114 valence electrons. The Morgan fingerprint density at radius 2 is 2.00 bits per heavy atom. The molecule has 4 nitrogen and oxygen atoms in total. The molecule has 1 amide bonds. The molecule has 0 spiro atoms. The lowest BCUT2D eigenvalue weighted by Gasteiger charge is -2.31. The zero-order valence-electron chi connectivity index (χ0n) is 12.0. The van der Waals surface area contributed by atoms with Crippen LogP contribution in [-0.2, 0) is 0 Å². The van der Waals surface area contributed by atoms with E-state index in [2.05, 4.69) is 5.32 Å². The summed E-state index contributed by atoms with van der Waals surface area (Å²) < 4.78 is 18.3. The molecule has 0 aliphatic carbocycles. The Bertz CT molecular complexity index is 443. The summed E-state index contributed by atoms with van der Waals surface area (Å²) in [7, 11) is 1.44. The average molecular weight is 305 g/mol. The minimum atomic E-state index is -0.475. The van der Waals surface area contributed by atoms with Gasteiger partial charge in [0.05, 0.1) is 18.2 Å². The molecule has 20 heavy (non-hydrogen) atoms. The van der Waals surface area contributed by atoms with Gasteiger partial charge in [-0.15, -0.1) is 12.4 Å². The number of rotatable bonds is 6. The quantitative estimate of drug-likeness (QED) is 0.848. The first-order valence-electron chi connectivity index (χ1n) is 6.38. The van der Waals surface area contributed by atoms with Gasteiger partial charge in [0.25, 0.3) is 5.91 Å². The van der Waals surface area contributed by atoms with E-state index in [1.54, 1.807) is 0 Å². The Hall–Kier alpha value is -1.33. The standard InChI is InChI=1S/C14H21FN2O2.ClH/c1-4-14(5-2,9-16)17-13(18)11-8-10(15)6-7-12(11)19-3;/h6-8H,4-5,9,16H2,1-3H3,(H,17,18);1H. The predicted octanol–water partition coefficient (Wildman–Crippen LogP) is 2.50. The van der Waals surface area contributed by atoms with E-state index in [4.69, 9.17) is 10.5 Å². The summed E-state index contributed by atoms with van der Waals surface area (Å²) >= 11 is 0. The highest BCUT2D eigenvalue weighted by Crippen LogP contribution is 2.21. The van der Waals surface area contributed by atoms with Crippen LogP contribution < -0.4 is 15.8 Å². The summed E-state index contributed by atoms with van der Waals surface area (Å²) in [5.41, 5.74) is 5.45. The van der Waals surface area contributed by atoms with E-state index >= 15 is 0 Å². The van der Waals surface area contributed by atoms with Crippen LogP contribution in [0, 0.1) is 5.82 Å². The van der Waals surface area contributed by atoms with Crippen LogP contribution in [0.3, 0.4) is 0 Å². The smallest absolute Gasteiger partial charge is 0.255 e. The summed E-state index contributed by atoms with van der Waals surface area (Å²) in [5.74, 6) is -0.500. The van der Waals surface area contributed by atoms with E-state index in [-0.39, 0.29) is 23.9 Å². The molecule has 0 unspecified atom stereocenters. The molecule has 3 N–H and O–H groups in total. The summed E-state index contributed by atoms with van der Waals surface area (Å²) in [6.07, 6.45) is 1.42.